The van der Waals surface area contributed by atoms with Crippen LogP contribution < -0.4 is 5.73 Å². The first-order valence-corrected chi connectivity index (χ1v) is 8.06. The maximum atomic E-state index is 11.2. The van der Waals surface area contributed by atoms with Gasteiger partial charge < -0.3 is 15.7 Å². The number of piperidine rings is 1. The van der Waals surface area contributed by atoms with Gasteiger partial charge in [-0.1, -0.05) is 27.2 Å². The average molecular weight is 268 g/mol. The maximum Gasteiger partial charge on any atom is 0.0740 e. The van der Waals surface area contributed by atoms with E-state index < -0.39 is 5.60 Å². The van der Waals surface area contributed by atoms with Crippen LogP contribution in [0.4, 0.5) is 0 Å². The van der Waals surface area contributed by atoms with Crippen molar-refractivity contribution in [1.29, 1.82) is 0 Å². The van der Waals surface area contributed by atoms with Gasteiger partial charge in [-0.3, -0.25) is 0 Å². The highest BCUT2D eigenvalue weighted by molar-refractivity contribution is 5.05. The Kier molecular flexibility index (Phi) is 4.59. The summed E-state index contributed by atoms with van der Waals surface area (Å²) in [6, 6.07) is 0. The van der Waals surface area contributed by atoms with Crippen LogP contribution >= 0.6 is 0 Å². The molecule has 0 spiro atoms. The van der Waals surface area contributed by atoms with Gasteiger partial charge in [-0.05, 0) is 37.5 Å². The molecule has 0 aromatic heterocycles. The molecule has 0 bridgehead atoms. The molecular formula is C16H32N2O. The third-order valence-electron chi connectivity index (χ3n) is 5.54. The lowest BCUT2D eigenvalue weighted by molar-refractivity contribution is -0.117. The van der Waals surface area contributed by atoms with E-state index in [0.717, 1.165) is 51.2 Å². The number of rotatable bonds is 4. The number of nitrogens with zero attached hydrogens (tertiary/aromatic N) is 1. The van der Waals surface area contributed by atoms with E-state index in [-0.39, 0.29) is 5.41 Å². The maximum absolute atomic E-state index is 11.2. The zero-order chi connectivity index (χ0) is 14.1. The Bertz CT molecular complexity index is 297. The van der Waals surface area contributed by atoms with E-state index in [4.69, 9.17) is 5.73 Å². The first-order valence-electron chi connectivity index (χ1n) is 8.06. The second-order valence-electron chi connectivity index (χ2n) is 7.56. The molecule has 1 saturated carbocycles. The van der Waals surface area contributed by atoms with Crippen LogP contribution in [-0.2, 0) is 0 Å². The molecule has 1 heterocycles. The first-order chi connectivity index (χ1) is 8.91. The van der Waals surface area contributed by atoms with E-state index in [1.54, 1.807) is 0 Å². The highest BCUT2D eigenvalue weighted by atomic mass is 16.3. The van der Waals surface area contributed by atoms with Crippen LogP contribution in [0.15, 0.2) is 0 Å². The summed E-state index contributed by atoms with van der Waals surface area (Å²) < 4.78 is 0. The Balaban J connectivity index is 2.00. The molecule has 2 unspecified atom stereocenters. The van der Waals surface area contributed by atoms with Crippen LogP contribution in [0.2, 0.25) is 0 Å². The minimum Gasteiger partial charge on any atom is -0.389 e. The predicted octanol–water partition coefficient (Wildman–Crippen LogP) is 2.23. The molecule has 0 radical (unpaired) electrons. The van der Waals surface area contributed by atoms with E-state index in [1.807, 2.05) is 0 Å². The van der Waals surface area contributed by atoms with Gasteiger partial charge in [0.15, 0.2) is 0 Å². The summed E-state index contributed by atoms with van der Waals surface area (Å²) in [5.41, 5.74) is 5.57. The van der Waals surface area contributed by atoms with E-state index in [2.05, 4.69) is 25.7 Å². The fourth-order valence-electron chi connectivity index (χ4n) is 4.34. The van der Waals surface area contributed by atoms with Crippen LogP contribution in [0.25, 0.3) is 0 Å². The van der Waals surface area contributed by atoms with E-state index >= 15 is 0 Å². The summed E-state index contributed by atoms with van der Waals surface area (Å²) >= 11 is 0. The monoisotopic (exact) mass is 268 g/mol. The Hall–Kier alpha value is -0.120. The van der Waals surface area contributed by atoms with Gasteiger partial charge in [0.05, 0.1) is 5.60 Å². The van der Waals surface area contributed by atoms with Crippen LogP contribution in [0.1, 0.15) is 52.9 Å². The van der Waals surface area contributed by atoms with Crippen molar-refractivity contribution in [3.8, 4) is 0 Å². The zero-order valence-corrected chi connectivity index (χ0v) is 13.0. The zero-order valence-electron chi connectivity index (χ0n) is 13.0. The van der Waals surface area contributed by atoms with Crippen molar-refractivity contribution >= 4 is 0 Å². The standard InChI is InChI=1S/C16H32N2O/c1-13(2)11-18-8-6-16(19,7-9-18)15(12-17)5-4-14(3)10-15/h13-14,19H,4-12,17H2,1-3H3. The Labute approximate surface area is 118 Å². The quantitative estimate of drug-likeness (QED) is 0.822. The van der Waals surface area contributed by atoms with Crippen molar-refractivity contribution < 1.29 is 5.11 Å². The molecule has 1 aliphatic heterocycles. The van der Waals surface area contributed by atoms with Gasteiger partial charge in [0, 0.05) is 31.6 Å². The van der Waals surface area contributed by atoms with Gasteiger partial charge >= 0.3 is 0 Å². The topological polar surface area (TPSA) is 49.5 Å². The SMILES string of the molecule is CC(C)CN1CCC(O)(C2(CN)CCC(C)C2)CC1. The number of hydrogen-bond acceptors (Lipinski definition) is 3. The number of likely N-dealkylation sites (tertiary alicyclic amines) is 1. The van der Waals surface area contributed by atoms with Crippen molar-refractivity contribution in [1.82, 2.24) is 4.90 Å². The van der Waals surface area contributed by atoms with Crippen molar-refractivity contribution in [2.24, 2.45) is 23.0 Å². The summed E-state index contributed by atoms with van der Waals surface area (Å²) in [4.78, 5) is 2.50. The highest BCUT2D eigenvalue weighted by Gasteiger charge is 2.53. The van der Waals surface area contributed by atoms with E-state index in [1.165, 1.54) is 6.42 Å². The summed E-state index contributed by atoms with van der Waals surface area (Å²) in [5.74, 6) is 1.43. The fourth-order valence-corrected chi connectivity index (χ4v) is 4.34. The molecule has 2 fully saturated rings. The largest absolute Gasteiger partial charge is 0.389 e. The van der Waals surface area contributed by atoms with Gasteiger partial charge in [-0.25, -0.2) is 0 Å². The number of aliphatic hydroxyl groups is 1. The van der Waals surface area contributed by atoms with E-state index in [0.29, 0.717) is 12.5 Å². The van der Waals surface area contributed by atoms with Gasteiger partial charge in [-0.2, -0.15) is 0 Å². The van der Waals surface area contributed by atoms with Crippen LogP contribution in [-0.4, -0.2) is 41.8 Å². The van der Waals surface area contributed by atoms with Crippen molar-refractivity contribution in [3.05, 3.63) is 0 Å². The third-order valence-corrected chi connectivity index (χ3v) is 5.54. The number of hydrogen-bond donors (Lipinski definition) is 2. The molecule has 112 valence electrons. The van der Waals surface area contributed by atoms with Crippen LogP contribution in [0.3, 0.4) is 0 Å². The number of nitrogens with two attached hydrogens (primary N) is 1. The second kappa shape index (κ2) is 5.71. The van der Waals surface area contributed by atoms with E-state index in [9.17, 15) is 5.11 Å². The average Bonchev–Trinajstić information content (AvgIpc) is 2.75. The highest BCUT2D eigenvalue weighted by Crippen LogP contribution is 2.52. The smallest absolute Gasteiger partial charge is 0.0740 e. The Morgan fingerprint density at radius 2 is 1.89 bits per heavy atom. The summed E-state index contributed by atoms with van der Waals surface area (Å²) in [6.07, 6.45) is 5.28. The molecule has 0 amide bonds. The lowest BCUT2D eigenvalue weighted by Gasteiger charge is -2.49. The first kappa shape index (κ1) is 15.3. The lowest BCUT2D eigenvalue weighted by atomic mass is 9.65. The van der Waals surface area contributed by atoms with Crippen LogP contribution in [0, 0.1) is 17.3 Å². The normalized spacial score (nSPS) is 36.0. The summed E-state index contributed by atoms with van der Waals surface area (Å²) in [7, 11) is 0. The van der Waals surface area contributed by atoms with Crippen molar-refractivity contribution in [2.45, 2.75) is 58.5 Å². The van der Waals surface area contributed by atoms with Gasteiger partial charge in [0.1, 0.15) is 0 Å². The van der Waals surface area contributed by atoms with Crippen LogP contribution in [0.5, 0.6) is 0 Å². The molecule has 2 atom stereocenters. The van der Waals surface area contributed by atoms with Gasteiger partial charge in [-0.15, -0.1) is 0 Å². The fraction of sp³-hybridized carbons (Fsp3) is 1.00. The third kappa shape index (κ3) is 2.98. The molecule has 19 heavy (non-hydrogen) atoms. The minimum atomic E-state index is -0.514. The summed E-state index contributed by atoms with van der Waals surface area (Å²) in [6.45, 7) is 10.7. The second-order valence-corrected chi connectivity index (χ2v) is 7.56. The van der Waals surface area contributed by atoms with Gasteiger partial charge in [0.2, 0.25) is 0 Å². The Morgan fingerprint density at radius 3 is 2.32 bits per heavy atom. The molecular weight excluding hydrogens is 236 g/mol. The molecule has 3 nitrogen and oxygen atoms in total. The molecule has 3 N–H and O–H groups in total. The molecule has 1 aliphatic carbocycles. The van der Waals surface area contributed by atoms with Crippen molar-refractivity contribution in [3.63, 3.8) is 0 Å². The molecule has 3 heteroatoms. The molecule has 0 aromatic carbocycles. The lowest BCUT2D eigenvalue weighted by Crippen LogP contribution is -2.57. The molecule has 2 aliphatic rings. The molecule has 1 saturated heterocycles. The minimum absolute atomic E-state index is 0.00363. The Morgan fingerprint density at radius 1 is 1.26 bits per heavy atom. The van der Waals surface area contributed by atoms with Gasteiger partial charge in [0.25, 0.3) is 0 Å². The molecule has 0 aromatic rings. The molecule has 2 rings (SSSR count). The summed E-state index contributed by atoms with van der Waals surface area (Å²) in [5, 5.41) is 11.2. The predicted molar refractivity (Wildman–Crippen MR) is 80.0 cm³/mol. The van der Waals surface area contributed by atoms with Crippen molar-refractivity contribution in [2.75, 3.05) is 26.2 Å².